The van der Waals surface area contributed by atoms with Gasteiger partial charge in [-0.2, -0.15) is 0 Å². The van der Waals surface area contributed by atoms with Crippen LogP contribution < -0.4 is 5.43 Å². The molecule has 33 heavy (non-hydrogen) atoms. The highest BCUT2D eigenvalue weighted by Crippen LogP contribution is 2.05. The summed E-state index contributed by atoms with van der Waals surface area (Å²) in [6.07, 6.45) is -3.98. The summed E-state index contributed by atoms with van der Waals surface area (Å²) < 4.78 is 31.0. The quantitative estimate of drug-likeness (QED) is 0.136. The smallest absolute Gasteiger partial charge is 0.461 e. The van der Waals surface area contributed by atoms with E-state index >= 15 is 0 Å². The number of amides is 1. The summed E-state index contributed by atoms with van der Waals surface area (Å²) in [5, 5.41) is 12.0. The average Bonchev–Trinajstić information content (AvgIpc) is 2.73. The van der Waals surface area contributed by atoms with Gasteiger partial charge in [-0.1, -0.05) is 5.10 Å². The van der Waals surface area contributed by atoms with Gasteiger partial charge in [-0.15, -0.1) is 0 Å². The summed E-state index contributed by atoms with van der Waals surface area (Å²) in [6.45, 7) is 9.27. The fraction of sp³-hybridized carbons (Fsp3) is 0.800. The van der Waals surface area contributed by atoms with Crippen molar-refractivity contribution in [3.8, 4) is 0 Å². The van der Waals surface area contributed by atoms with Crippen LogP contribution in [0.15, 0.2) is 5.10 Å². The fourth-order valence-electron chi connectivity index (χ4n) is 2.20. The van der Waals surface area contributed by atoms with Crippen molar-refractivity contribution in [1.82, 2.24) is 5.43 Å². The van der Waals surface area contributed by atoms with Crippen molar-refractivity contribution in [2.75, 3.05) is 26.4 Å². The number of hydrogen-bond acceptors (Lipinski definition) is 12. The zero-order valence-corrected chi connectivity index (χ0v) is 19.8. The standard InChI is InChI=1S/C20H34N2O11/c1-12(24)7-30-20(27)33-14(3)9-28-8-13(2)32-17(6)19(26)29-10-15(4)31-16(5)18(25)22-21-11-23/h12-17,24H,7-10H2,1-6H3,(H,22,25). The molecule has 0 rings (SSSR count). The van der Waals surface area contributed by atoms with Crippen LogP contribution in [0.2, 0.25) is 0 Å². The van der Waals surface area contributed by atoms with Crippen molar-refractivity contribution in [2.45, 2.75) is 78.2 Å². The summed E-state index contributed by atoms with van der Waals surface area (Å²) in [4.78, 5) is 45.0. The molecular weight excluding hydrogens is 444 g/mol. The Balaban J connectivity index is 4.12. The highest BCUT2D eigenvalue weighted by Gasteiger charge is 2.22. The molecule has 0 aliphatic heterocycles. The van der Waals surface area contributed by atoms with Crippen LogP contribution in [0.1, 0.15) is 41.5 Å². The van der Waals surface area contributed by atoms with Crippen molar-refractivity contribution >= 4 is 24.1 Å². The van der Waals surface area contributed by atoms with Crippen LogP contribution in [0.4, 0.5) is 4.79 Å². The van der Waals surface area contributed by atoms with Gasteiger partial charge in [-0.3, -0.25) is 4.79 Å². The number of rotatable bonds is 16. The maximum atomic E-state index is 12.1. The number of ether oxygens (including phenoxy) is 6. The lowest BCUT2D eigenvalue weighted by molar-refractivity contribution is -0.166. The van der Waals surface area contributed by atoms with E-state index in [0.717, 1.165) is 0 Å². The second-order valence-electron chi connectivity index (χ2n) is 7.36. The second kappa shape index (κ2) is 17.0. The van der Waals surface area contributed by atoms with Gasteiger partial charge in [-0.25, -0.2) is 19.8 Å². The van der Waals surface area contributed by atoms with E-state index < -0.39 is 54.7 Å². The lowest BCUT2D eigenvalue weighted by Crippen LogP contribution is -2.36. The molecule has 0 saturated carbocycles. The minimum absolute atomic E-state index is 0.0785. The molecule has 190 valence electrons. The average molecular weight is 478 g/mol. The Labute approximate surface area is 192 Å². The third-order valence-corrected chi connectivity index (χ3v) is 3.69. The van der Waals surface area contributed by atoms with E-state index in [1.54, 1.807) is 20.8 Å². The van der Waals surface area contributed by atoms with Crippen LogP contribution in [-0.4, -0.2) is 92.3 Å². The summed E-state index contributed by atoms with van der Waals surface area (Å²) >= 11 is 0. The maximum absolute atomic E-state index is 12.1. The predicted molar refractivity (Wildman–Crippen MR) is 112 cm³/mol. The number of carbonyl (C=O) groups is 3. The van der Waals surface area contributed by atoms with E-state index in [4.69, 9.17) is 28.8 Å². The van der Waals surface area contributed by atoms with Gasteiger partial charge in [0.1, 0.15) is 25.4 Å². The first-order valence-electron chi connectivity index (χ1n) is 10.4. The number of nitrogens with one attached hydrogen (secondary N) is 1. The Morgan fingerprint density at radius 3 is 2.03 bits per heavy atom. The van der Waals surface area contributed by atoms with Gasteiger partial charge in [0.15, 0.2) is 6.10 Å². The van der Waals surface area contributed by atoms with Crippen molar-refractivity contribution in [1.29, 1.82) is 0 Å². The molecule has 0 aromatic rings. The third kappa shape index (κ3) is 15.8. The van der Waals surface area contributed by atoms with Crippen LogP contribution in [-0.2, 0) is 42.8 Å². The number of aliphatic hydroxyl groups is 1. The molecule has 0 saturated heterocycles. The first-order valence-corrected chi connectivity index (χ1v) is 10.4. The maximum Gasteiger partial charge on any atom is 0.508 e. The van der Waals surface area contributed by atoms with E-state index in [2.05, 4.69) is 9.84 Å². The van der Waals surface area contributed by atoms with E-state index in [1.807, 2.05) is 5.43 Å². The summed E-state index contributed by atoms with van der Waals surface area (Å²) in [5.74, 6) is -1.27. The van der Waals surface area contributed by atoms with Crippen LogP contribution in [0, 0.1) is 0 Å². The number of esters is 1. The Morgan fingerprint density at radius 2 is 1.42 bits per heavy atom. The Kier molecular flexibility index (Phi) is 15.7. The van der Waals surface area contributed by atoms with Crippen LogP contribution in [0.25, 0.3) is 0 Å². The molecular formula is C20H34N2O11. The zero-order valence-electron chi connectivity index (χ0n) is 19.8. The molecule has 0 fully saturated rings. The van der Waals surface area contributed by atoms with Gasteiger partial charge in [0, 0.05) is 0 Å². The van der Waals surface area contributed by atoms with E-state index in [1.165, 1.54) is 26.9 Å². The van der Waals surface area contributed by atoms with Gasteiger partial charge in [0.05, 0.1) is 31.5 Å². The molecule has 6 unspecified atom stereocenters. The molecule has 2 N–H and O–H groups in total. The van der Waals surface area contributed by atoms with Gasteiger partial charge in [0.2, 0.25) is 0 Å². The van der Waals surface area contributed by atoms with E-state index in [0.29, 0.717) is 0 Å². The lowest BCUT2D eigenvalue weighted by atomic mass is 10.3. The zero-order chi connectivity index (χ0) is 25.4. The molecule has 13 nitrogen and oxygen atoms in total. The SMILES string of the molecule is CC(O)COC(=O)OC(C)COCC(C)OC(C)C(=O)OCC(C)OC(C)C(=O)NN=C=O. The summed E-state index contributed by atoms with van der Waals surface area (Å²) in [5.41, 5.74) is 1.94. The molecule has 0 aromatic carbocycles. The summed E-state index contributed by atoms with van der Waals surface area (Å²) in [6, 6.07) is 0. The second-order valence-corrected chi connectivity index (χ2v) is 7.36. The van der Waals surface area contributed by atoms with Gasteiger partial charge >= 0.3 is 12.1 Å². The molecule has 6 atom stereocenters. The topological polar surface area (TPSA) is 168 Å². The number of nitrogens with zero attached hydrogens (tertiary/aromatic N) is 1. The first-order chi connectivity index (χ1) is 15.5. The minimum atomic E-state index is -0.923. The number of hydrazone groups is 1. The van der Waals surface area contributed by atoms with E-state index in [-0.39, 0.29) is 26.4 Å². The van der Waals surface area contributed by atoms with Crippen molar-refractivity contribution in [3.05, 3.63) is 0 Å². The van der Waals surface area contributed by atoms with Crippen molar-refractivity contribution in [3.63, 3.8) is 0 Å². The third-order valence-electron chi connectivity index (χ3n) is 3.69. The fourth-order valence-corrected chi connectivity index (χ4v) is 2.20. The normalized spacial score (nSPS) is 16.2. The molecule has 0 spiro atoms. The Bertz CT molecular complexity index is 652. The van der Waals surface area contributed by atoms with Crippen molar-refractivity contribution in [2.24, 2.45) is 5.10 Å². The molecule has 0 aliphatic carbocycles. The number of hydrogen-bond donors (Lipinski definition) is 2. The number of carbonyl (C=O) groups excluding carboxylic acids is 4. The van der Waals surface area contributed by atoms with E-state index in [9.17, 15) is 19.2 Å². The van der Waals surface area contributed by atoms with Crippen LogP contribution >= 0.6 is 0 Å². The molecule has 0 aromatic heterocycles. The van der Waals surface area contributed by atoms with Crippen molar-refractivity contribution < 1.29 is 52.7 Å². The number of aliphatic hydroxyl groups excluding tert-OH is 1. The van der Waals surface area contributed by atoms with Gasteiger partial charge in [-0.05, 0) is 41.5 Å². The molecule has 1 amide bonds. The highest BCUT2D eigenvalue weighted by molar-refractivity contribution is 5.80. The minimum Gasteiger partial charge on any atom is -0.461 e. The molecule has 0 aliphatic rings. The predicted octanol–water partition coefficient (Wildman–Crippen LogP) is 0.423. The molecule has 0 radical (unpaired) electrons. The number of isocyanates is 1. The first kappa shape index (κ1) is 30.4. The Morgan fingerprint density at radius 1 is 0.848 bits per heavy atom. The monoisotopic (exact) mass is 478 g/mol. The Hall–Kier alpha value is -2.57. The largest absolute Gasteiger partial charge is 0.508 e. The highest BCUT2D eigenvalue weighted by atomic mass is 16.7. The molecule has 0 heterocycles. The molecule has 13 heteroatoms. The van der Waals surface area contributed by atoms with Crippen LogP contribution in [0.5, 0.6) is 0 Å². The molecule has 0 bridgehead atoms. The lowest BCUT2D eigenvalue weighted by Gasteiger charge is -2.21. The van der Waals surface area contributed by atoms with Gasteiger partial charge < -0.3 is 33.5 Å². The summed E-state index contributed by atoms with van der Waals surface area (Å²) in [7, 11) is 0. The van der Waals surface area contributed by atoms with Gasteiger partial charge in [0.25, 0.3) is 12.0 Å². The van der Waals surface area contributed by atoms with Crippen LogP contribution in [0.3, 0.4) is 0 Å².